The van der Waals surface area contributed by atoms with Gasteiger partial charge in [0.1, 0.15) is 17.7 Å². The molecule has 2 atom stereocenters. The third kappa shape index (κ3) is 13.6. The van der Waals surface area contributed by atoms with Crippen LogP contribution < -0.4 is 11.1 Å². The molecular weight excluding hydrogens is 502 g/mol. The number of aldehydes is 1. The highest BCUT2D eigenvalue weighted by Crippen LogP contribution is 2.32. The number of carbonyl (C=O) groups excluding carboxylic acids is 1. The molecule has 2 N–H and O–H groups in total. The molecule has 37 heavy (non-hydrogen) atoms. The van der Waals surface area contributed by atoms with E-state index in [9.17, 15) is 14.4 Å². The number of hydrogen-bond acceptors (Lipinski definition) is 5. The van der Waals surface area contributed by atoms with Crippen molar-refractivity contribution in [3.63, 3.8) is 0 Å². The summed E-state index contributed by atoms with van der Waals surface area (Å²) in [6, 6.07) is 0. The fourth-order valence-corrected chi connectivity index (χ4v) is 5.63. The Morgan fingerprint density at radius 1 is 0.757 bits per heavy atom. The van der Waals surface area contributed by atoms with Gasteiger partial charge in [-0.2, -0.15) is 0 Å². The van der Waals surface area contributed by atoms with Crippen molar-refractivity contribution in [3.8, 4) is 0 Å². The number of hydrogen-bond donors (Lipinski definition) is 2. The van der Waals surface area contributed by atoms with Crippen molar-refractivity contribution >= 4 is 24.8 Å². The number of aromatic nitrogens is 4. The Balaban J connectivity index is 0.000000310. The van der Waals surface area contributed by atoms with Crippen molar-refractivity contribution in [2.45, 2.75) is 90.9 Å². The smallest absolute Gasteiger partial charge is 0.269 e. The molecule has 2 aliphatic carbocycles. The van der Waals surface area contributed by atoms with Crippen molar-refractivity contribution in [3.05, 3.63) is 56.9 Å². The van der Waals surface area contributed by atoms with Gasteiger partial charge in [-0.05, 0) is 62.2 Å². The second kappa shape index (κ2) is 20.3. The van der Waals surface area contributed by atoms with Crippen molar-refractivity contribution in [1.29, 1.82) is 0 Å². The molecule has 0 amide bonds. The maximum Gasteiger partial charge on any atom is 0.269 e. The standard InChI is InChI=1S/C13H21N2OP.C11H16N2O.C3H7OP.CH4/c16-13-12(14-6-7-15-13)9-11-3-1-10(2-4-11)5-8-17;14-11-10(12-6-7-13-11)8-9-4-2-1-3-5-9;4-2-1-3-5;/h6-7,10-11H,1-5,8-9,17H2,(H,15,16);6-7,9H,1-5,8H2,(H,13,14);2H,1,3,5H2;1H4. The van der Waals surface area contributed by atoms with Crippen LogP contribution in [0.15, 0.2) is 34.4 Å². The Morgan fingerprint density at radius 3 is 1.65 bits per heavy atom. The lowest BCUT2D eigenvalue weighted by Gasteiger charge is -2.27. The van der Waals surface area contributed by atoms with Crippen molar-refractivity contribution < 1.29 is 4.79 Å². The first kappa shape index (κ1) is 33.3. The second-order valence-corrected chi connectivity index (χ2v) is 11.0. The summed E-state index contributed by atoms with van der Waals surface area (Å²) >= 11 is 0. The summed E-state index contributed by atoms with van der Waals surface area (Å²) in [6.45, 7) is 0. The van der Waals surface area contributed by atoms with Gasteiger partial charge in [-0.1, -0.05) is 52.4 Å². The molecule has 208 valence electrons. The Morgan fingerprint density at radius 2 is 1.24 bits per heavy atom. The quantitative estimate of drug-likeness (QED) is 0.340. The van der Waals surface area contributed by atoms with Crippen LogP contribution in [0.4, 0.5) is 0 Å². The first-order chi connectivity index (χ1) is 17.6. The van der Waals surface area contributed by atoms with Crippen LogP contribution in [0.2, 0.25) is 0 Å². The average Bonchev–Trinajstić information content (AvgIpc) is 2.90. The summed E-state index contributed by atoms with van der Waals surface area (Å²) in [4.78, 5) is 46.0. The molecule has 7 nitrogen and oxygen atoms in total. The van der Waals surface area contributed by atoms with Gasteiger partial charge in [-0.3, -0.25) is 19.6 Å². The predicted octanol–water partition coefficient (Wildman–Crippen LogP) is 5.36. The zero-order chi connectivity index (χ0) is 26.0. The van der Waals surface area contributed by atoms with E-state index in [4.69, 9.17) is 0 Å². The van der Waals surface area contributed by atoms with Gasteiger partial charge in [0.15, 0.2) is 0 Å². The van der Waals surface area contributed by atoms with Crippen LogP contribution in [-0.4, -0.2) is 38.5 Å². The van der Waals surface area contributed by atoms with E-state index < -0.39 is 0 Å². The average molecular weight is 551 g/mol. The maximum absolute atomic E-state index is 11.5. The molecule has 2 saturated carbocycles. The van der Waals surface area contributed by atoms with Gasteiger partial charge in [0.05, 0.1) is 0 Å². The van der Waals surface area contributed by atoms with Crippen LogP contribution in [0, 0.1) is 17.8 Å². The Kier molecular flexibility index (Phi) is 18.3. The van der Waals surface area contributed by atoms with Crippen LogP contribution in [0.3, 0.4) is 0 Å². The van der Waals surface area contributed by atoms with Crippen LogP contribution in [0.1, 0.15) is 89.4 Å². The molecule has 0 spiro atoms. The molecule has 0 saturated heterocycles. The first-order valence-corrected chi connectivity index (χ1v) is 15.1. The Bertz CT molecular complexity index is 968. The predicted molar refractivity (Wildman–Crippen MR) is 160 cm³/mol. The highest BCUT2D eigenvalue weighted by Gasteiger charge is 2.21. The lowest BCUT2D eigenvalue weighted by molar-refractivity contribution is -0.107. The van der Waals surface area contributed by atoms with E-state index in [-0.39, 0.29) is 18.5 Å². The number of aromatic amines is 2. The van der Waals surface area contributed by atoms with E-state index in [2.05, 4.69) is 38.4 Å². The summed E-state index contributed by atoms with van der Waals surface area (Å²) < 4.78 is 0. The van der Waals surface area contributed by atoms with Gasteiger partial charge in [-0.15, -0.1) is 18.5 Å². The largest absolute Gasteiger partial charge is 0.326 e. The van der Waals surface area contributed by atoms with E-state index in [1.54, 1.807) is 24.8 Å². The molecule has 4 rings (SSSR count). The highest BCUT2D eigenvalue weighted by atomic mass is 31.0. The SMILES string of the molecule is C.O=CCCP.O=c1[nH]ccnc1CC1CCC(CCP)CC1.O=c1[nH]ccnc1CC1CCCCC1. The molecule has 0 bridgehead atoms. The van der Waals surface area contributed by atoms with E-state index in [1.165, 1.54) is 70.4 Å². The summed E-state index contributed by atoms with van der Waals surface area (Å²) in [5.74, 6) is 2.25. The fraction of sp³-hybridized carbons (Fsp3) is 0.679. The van der Waals surface area contributed by atoms with Crippen molar-refractivity contribution in [1.82, 2.24) is 19.9 Å². The Labute approximate surface area is 227 Å². The summed E-state index contributed by atoms with van der Waals surface area (Å²) in [6.07, 6.45) is 24.9. The number of nitrogens with zero attached hydrogens (tertiary/aromatic N) is 2. The minimum atomic E-state index is -0.0157. The molecule has 0 radical (unpaired) electrons. The van der Waals surface area contributed by atoms with E-state index in [0.717, 1.165) is 31.2 Å². The summed E-state index contributed by atoms with van der Waals surface area (Å²) in [7, 11) is 5.28. The first-order valence-electron chi connectivity index (χ1n) is 13.5. The van der Waals surface area contributed by atoms with Crippen molar-refractivity contribution in [2.24, 2.45) is 17.8 Å². The molecule has 2 aliphatic rings. The van der Waals surface area contributed by atoms with E-state index in [0.29, 0.717) is 29.6 Å². The van der Waals surface area contributed by atoms with Gasteiger partial charge in [-0.25, -0.2) is 0 Å². The molecule has 2 unspecified atom stereocenters. The molecule has 2 fully saturated rings. The molecule has 0 aliphatic heterocycles. The Hall–Kier alpha value is -1.71. The lowest BCUT2D eigenvalue weighted by atomic mass is 9.79. The number of H-pyrrole nitrogens is 2. The van der Waals surface area contributed by atoms with Gasteiger partial charge in [0.25, 0.3) is 11.1 Å². The summed E-state index contributed by atoms with van der Waals surface area (Å²) in [5, 5.41) is 0. The molecule has 2 heterocycles. The molecule has 0 aromatic carbocycles. The van der Waals surface area contributed by atoms with Gasteiger partial charge >= 0.3 is 0 Å². The normalized spacial score (nSPS) is 19.3. The maximum atomic E-state index is 11.5. The monoisotopic (exact) mass is 550 g/mol. The summed E-state index contributed by atoms with van der Waals surface area (Å²) in [5.41, 5.74) is 1.39. The number of rotatable bonds is 8. The molecule has 2 aromatic rings. The van der Waals surface area contributed by atoms with E-state index in [1.807, 2.05) is 0 Å². The molecule has 2 aromatic heterocycles. The van der Waals surface area contributed by atoms with Gasteiger partial charge in [0.2, 0.25) is 0 Å². The van der Waals surface area contributed by atoms with Crippen LogP contribution in [-0.2, 0) is 17.6 Å². The zero-order valence-electron chi connectivity index (χ0n) is 21.5. The number of carbonyl (C=O) groups is 1. The fourth-order valence-electron chi connectivity index (χ4n) is 5.02. The topological polar surface area (TPSA) is 109 Å². The molecule has 9 heteroatoms. The highest BCUT2D eigenvalue weighted by molar-refractivity contribution is 7.16. The third-order valence-corrected chi connectivity index (χ3v) is 7.74. The van der Waals surface area contributed by atoms with E-state index >= 15 is 0 Å². The van der Waals surface area contributed by atoms with Crippen LogP contribution in [0.25, 0.3) is 0 Å². The second-order valence-electron chi connectivity index (χ2n) is 9.85. The van der Waals surface area contributed by atoms with Gasteiger partial charge in [0, 0.05) is 31.2 Å². The van der Waals surface area contributed by atoms with Crippen molar-refractivity contribution in [2.75, 3.05) is 12.3 Å². The molecular formula is C28H48N4O3P2. The minimum Gasteiger partial charge on any atom is -0.326 e. The van der Waals surface area contributed by atoms with Crippen LogP contribution >= 0.6 is 18.5 Å². The number of nitrogens with one attached hydrogen (secondary N) is 2. The third-order valence-electron chi connectivity index (χ3n) is 7.08. The van der Waals surface area contributed by atoms with Gasteiger partial charge < -0.3 is 14.8 Å². The minimum absolute atomic E-state index is 0. The lowest BCUT2D eigenvalue weighted by Crippen LogP contribution is -2.21. The zero-order valence-corrected chi connectivity index (χ0v) is 23.8. The van der Waals surface area contributed by atoms with Crippen LogP contribution in [0.5, 0.6) is 0 Å².